The molecule has 8 rings (SSSR count). The lowest BCUT2D eigenvalue weighted by molar-refractivity contribution is -0.151. The van der Waals surface area contributed by atoms with E-state index in [1.54, 1.807) is 129 Å². The predicted octanol–water partition coefficient (Wildman–Crippen LogP) is 5.46. The number of aliphatic hydroxyl groups excluding tert-OH is 1. The molecule has 1 aliphatic heterocycles. The number of aromatic amines is 1. The molecule has 2 heterocycles. The van der Waals surface area contributed by atoms with Gasteiger partial charge < -0.3 is 87.5 Å². The van der Waals surface area contributed by atoms with Crippen molar-refractivity contribution in [2.45, 2.75) is 172 Å². The van der Waals surface area contributed by atoms with E-state index in [9.17, 15) is 54.0 Å². The van der Waals surface area contributed by atoms with Crippen molar-refractivity contribution in [3.05, 3.63) is 201 Å². The molecule has 11 atom stereocenters. The number of phenolic OH excluding ortho intramolecular Hbond substituents is 2. The average molecular weight is 1770 g/mol. The number of aliphatic carboxylic acids is 1. The number of thioether (sulfide) groups is 1. The van der Waals surface area contributed by atoms with Crippen molar-refractivity contribution < 1.29 is 82.8 Å². The number of carboxylic acids is 1. The molecule has 34 heteroatoms. The van der Waals surface area contributed by atoms with Gasteiger partial charge in [0.05, 0.1) is 47.4 Å². The SMILES string of the molecule is CCCC[C@H]1C(=O)N(C)CC(=O)N[C@@H](CC(=O)O)C(=O)N[C@@H](C(C)C)C(=O)N(C)[C@@H](Cc2ccccc2)C(=O)N[C@@H](Cc2ccc(O)cc2)C(=O)N(C)CC(=O)N[C@@H](Cc2c[nH]c3ccccc23)C(=O)N[C@@H](Cc2ccc(O)cc2)C(=O)N[C@@H](CC(C)C)C(=O)NCCSCC(=O)N[C@@H](Cc2ccc(Cl)c(Cl)c2)C(O)N(C)C(Cc2ccccc2)C(=O)N1C. The van der Waals surface area contributed by atoms with Crippen LogP contribution in [0.3, 0.4) is 0 Å². The number of carbonyl (C=O) groups excluding carboxylic acids is 12. The van der Waals surface area contributed by atoms with Crippen LogP contribution in [0, 0.1) is 11.8 Å². The summed E-state index contributed by atoms with van der Waals surface area (Å²) in [5.74, 6) is -12.6. The largest absolute Gasteiger partial charge is 0.508 e. The van der Waals surface area contributed by atoms with Crippen LogP contribution in [-0.4, -0.2) is 260 Å². The number of aromatic nitrogens is 1. The Morgan fingerprint density at radius 2 is 1.00 bits per heavy atom. The molecule has 0 saturated carbocycles. The highest BCUT2D eigenvalue weighted by molar-refractivity contribution is 7.99. The quantitative estimate of drug-likeness (QED) is 0.0451. The van der Waals surface area contributed by atoms with Gasteiger partial charge in [-0.25, -0.2) is 0 Å². The first-order valence-electron chi connectivity index (χ1n) is 41.2. The Morgan fingerprint density at radius 3 is 1.57 bits per heavy atom. The van der Waals surface area contributed by atoms with Crippen molar-refractivity contribution in [2.24, 2.45) is 11.8 Å². The maximum Gasteiger partial charge on any atom is 0.305 e. The molecule has 31 nitrogen and oxygen atoms in total. The van der Waals surface area contributed by atoms with Crippen molar-refractivity contribution in [1.29, 1.82) is 0 Å². The van der Waals surface area contributed by atoms with Crippen LogP contribution in [0.15, 0.2) is 158 Å². The number of unbranched alkanes of at least 4 members (excludes halogenated alkanes) is 1. The minimum atomic E-state index is -1.88. The van der Waals surface area contributed by atoms with E-state index in [0.29, 0.717) is 57.1 Å². The number of fused-ring (bicyclic) bond motifs is 1. The molecule has 1 saturated heterocycles. The Labute approximate surface area is 736 Å². The number of carboxylic acid groups (broad SMARTS) is 1. The summed E-state index contributed by atoms with van der Waals surface area (Å²) >= 11 is 14.0. The van der Waals surface area contributed by atoms with Gasteiger partial charge in [0.1, 0.15) is 66.1 Å². The summed E-state index contributed by atoms with van der Waals surface area (Å²) < 4.78 is 0. The number of likely N-dealkylation sites (N-methyl/N-ethyl adjacent to an activating group) is 5. The third kappa shape index (κ3) is 29.0. The molecule has 6 aromatic carbocycles. The summed E-state index contributed by atoms with van der Waals surface area (Å²) in [7, 11) is 6.78. The van der Waals surface area contributed by atoms with Gasteiger partial charge in [0.25, 0.3) is 0 Å². The molecule has 1 aromatic heterocycles. The third-order valence-corrected chi connectivity index (χ3v) is 23.3. The topological polar surface area (TPSA) is 431 Å². The molecule has 666 valence electrons. The molecular weight excluding hydrogens is 1650 g/mol. The number of phenols is 2. The molecule has 0 bridgehead atoms. The monoisotopic (exact) mass is 1760 g/mol. The highest BCUT2D eigenvalue weighted by atomic mass is 35.5. The number of H-pyrrole nitrogens is 1. The lowest BCUT2D eigenvalue weighted by Crippen LogP contribution is -2.61. The normalized spacial score (nSPS) is 22.6. The zero-order valence-corrected chi connectivity index (χ0v) is 73.7. The maximum absolute atomic E-state index is 15.5. The van der Waals surface area contributed by atoms with Crippen molar-refractivity contribution in [3.63, 3.8) is 0 Å². The lowest BCUT2D eigenvalue weighted by Gasteiger charge is -2.39. The molecule has 0 spiro atoms. The van der Waals surface area contributed by atoms with Gasteiger partial charge in [-0.05, 0) is 120 Å². The van der Waals surface area contributed by atoms with Gasteiger partial charge in [0, 0.05) is 83.3 Å². The summed E-state index contributed by atoms with van der Waals surface area (Å²) in [4.78, 5) is 201. The Bertz CT molecular complexity index is 4840. The van der Waals surface area contributed by atoms with Gasteiger partial charge in [-0.3, -0.25) is 67.2 Å². The minimum absolute atomic E-state index is 0.0158. The molecule has 12 amide bonds. The van der Waals surface area contributed by atoms with E-state index in [-0.39, 0.29) is 96.9 Å². The molecule has 124 heavy (non-hydrogen) atoms. The first-order chi connectivity index (χ1) is 59.0. The smallest absolute Gasteiger partial charge is 0.305 e. The first kappa shape index (κ1) is 97.9. The first-order valence-corrected chi connectivity index (χ1v) is 43.1. The van der Waals surface area contributed by atoms with Crippen molar-refractivity contribution in [1.82, 2.24) is 72.0 Å². The fourth-order valence-corrected chi connectivity index (χ4v) is 15.6. The van der Waals surface area contributed by atoms with Crippen LogP contribution >= 0.6 is 35.0 Å². The van der Waals surface area contributed by atoms with E-state index in [1.807, 2.05) is 26.8 Å². The number of rotatable bonds is 20. The van der Waals surface area contributed by atoms with Crippen LogP contribution in [-0.2, 0) is 101 Å². The lowest BCUT2D eigenvalue weighted by atomic mass is 9.98. The number of hydrogen-bond acceptors (Lipinski definition) is 18. The Balaban J connectivity index is 1.17. The van der Waals surface area contributed by atoms with Gasteiger partial charge in [0.15, 0.2) is 0 Å². The number of nitrogens with one attached hydrogen (secondary N) is 9. The van der Waals surface area contributed by atoms with Gasteiger partial charge in [-0.15, -0.1) is 0 Å². The van der Waals surface area contributed by atoms with E-state index in [1.165, 1.54) is 81.4 Å². The summed E-state index contributed by atoms with van der Waals surface area (Å²) in [6.45, 7) is 7.17. The van der Waals surface area contributed by atoms with E-state index in [4.69, 9.17) is 23.2 Å². The van der Waals surface area contributed by atoms with E-state index in [0.717, 1.165) is 26.5 Å². The maximum atomic E-state index is 15.5. The number of aromatic hydroxyl groups is 2. The second kappa shape index (κ2) is 47.3. The summed E-state index contributed by atoms with van der Waals surface area (Å²) in [5, 5.41) is 66.9. The van der Waals surface area contributed by atoms with E-state index >= 15 is 28.8 Å². The summed E-state index contributed by atoms with van der Waals surface area (Å²) in [6, 6.07) is 26.7. The van der Waals surface area contributed by atoms with Crippen LogP contribution < -0.4 is 42.5 Å². The zero-order chi connectivity index (χ0) is 90.6. The zero-order valence-electron chi connectivity index (χ0n) is 71.3. The van der Waals surface area contributed by atoms with Crippen molar-refractivity contribution in [3.8, 4) is 11.5 Å². The van der Waals surface area contributed by atoms with Crippen LogP contribution in [0.2, 0.25) is 10.0 Å². The van der Waals surface area contributed by atoms with Crippen LogP contribution in [0.25, 0.3) is 10.9 Å². The Kier molecular flexibility index (Phi) is 37.4. The molecule has 0 radical (unpaired) electrons. The van der Waals surface area contributed by atoms with E-state index < -0.39 is 169 Å². The molecule has 1 aliphatic rings. The number of halogens is 2. The van der Waals surface area contributed by atoms with Crippen LogP contribution in [0.4, 0.5) is 0 Å². The number of carbonyl (C=O) groups is 13. The number of nitrogens with zero attached hydrogens (tertiary/aromatic N) is 5. The molecule has 2 unspecified atom stereocenters. The number of para-hydroxylation sites is 1. The van der Waals surface area contributed by atoms with E-state index in [2.05, 4.69) is 47.5 Å². The predicted molar refractivity (Wildman–Crippen MR) is 472 cm³/mol. The molecular formula is C90H114Cl2N14O17S. The minimum Gasteiger partial charge on any atom is -0.508 e. The molecule has 1 fully saturated rings. The highest BCUT2D eigenvalue weighted by Gasteiger charge is 2.42. The number of benzene rings is 6. The van der Waals surface area contributed by atoms with Gasteiger partial charge in [-0.2, -0.15) is 11.8 Å². The second-order valence-corrected chi connectivity index (χ2v) is 34.0. The van der Waals surface area contributed by atoms with Crippen LogP contribution in [0.5, 0.6) is 11.5 Å². The van der Waals surface area contributed by atoms with Crippen molar-refractivity contribution >= 4 is 123 Å². The highest BCUT2D eigenvalue weighted by Crippen LogP contribution is 2.27. The van der Waals surface area contributed by atoms with Gasteiger partial charge >= 0.3 is 5.97 Å². The number of aliphatic hydroxyl groups is 1. The molecule has 13 N–H and O–H groups in total. The average Bonchev–Trinajstić information content (AvgIpc) is 1.25. The molecule has 7 aromatic rings. The number of hydrogen-bond donors (Lipinski definition) is 13. The summed E-state index contributed by atoms with van der Waals surface area (Å²) in [6.07, 6.45) is -0.786. The Morgan fingerprint density at radius 1 is 0.492 bits per heavy atom. The number of amides is 12. The standard InChI is InChI=1S/C90H114Cl2N14O17S/c1-11-12-27-73-88(121)103(7)51-77(110)96-70(48-79(112)113)84(117)101-80(54(4)5)90(123)105(9)74(45-55-21-15-13-16-22-55)85(118)100-71(43-58-30-35-62(108)36-31-58)86(119)102(6)50-76(109)95-69(47-60-49-94-66-26-20-19-25-63(60)66)83(116)99-68(42-57-28-33-61(107)34-29-57)82(115)98-67(40-53(2)3)81(114)93-38-39-124-52-78(111)97-72(44-59-32-37-64(91)65(92)41-59)87(120)106(10)75(89(122)104(73)8)46-56-23-17-14-18-24-56/h13-26,28-37,41,49,53-54,67-75,80,87,94,107-108,120H,11-12,27,38-40,42-48,50-52H2,1-10H3,(H,93,114)(H,95,109)(H,96,110)(H,97,111)(H,98,115)(H,99,116)(H,100,118)(H,101,117)(H,112,113)/t67-,68-,69-,70-,71-,72-,73-,74-,75?,80-,87?/m0/s1. The van der Waals surface area contributed by atoms with Gasteiger partial charge in [0.2, 0.25) is 70.9 Å². The third-order valence-electron chi connectivity index (χ3n) is 21.6. The van der Waals surface area contributed by atoms with Crippen LogP contribution in [0.1, 0.15) is 100 Å². The Hall–Kier alpha value is -11.6. The molecule has 0 aliphatic carbocycles. The fourth-order valence-electron chi connectivity index (χ4n) is 14.7. The van der Waals surface area contributed by atoms with Gasteiger partial charge in [-0.1, -0.05) is 180 Å². The summed E-state index contributed by atoms with van der Waals surface area (Å²) in [5.41, 5.74) is 3.89. The second-order valence-electron chi connectivity index (χ2n) is 32.1. The van der Waals surface area contributed by atoms with Crippen molar-refractivity contribution in [2.75, 3.05) is 66.4 Å². The fraction of sp³-hybridized carbons (Fsp3) is 0.433.